The highest BCUT2D eigenvalue weighted by Gasteiger charge is 1.91. The molecule has 0 spiro atoms. The number of alkyl halides is 1. The van der Waals surface area contributed by atoms with E-state index in [2.05, 4.69) is 19.3 Å². The van der Waals surface area contributed by atoms with Gasteiger partial charge >= 0.3 is 0 Å². The largest absolute Gasteiger partial charge is 0.158 e. The van der Waals surface area contributed by atoms with Crippen LogP contribution >= 0.6 is 23.4 Å². The first-order valence-electron chi connectivity index (χ1n) is 3.02. The Balaban J connectivity index is 3.43. The third-order valence-electron chi connectivity index (χ3n) is 1.02. The third-order valence-corrected chi connectivity index (χ3v) is 2.07. The molecule has 0 aliphatic carbocycles. The molecule has 0 heterocycles. The molecule has 2 heteroatoms. The molecule has 0 aliphatic heterocycles. The van der Waals surface area contributed by atoms with Crippen LogP contribution in [0.2, 0.25) is 0 Å². The first-order valence-corrected chi connectivity index (χ1v) is 4.74. The van der Waals surface area contributed by atoms with Gasteiger partial charge in [-0.15, -0.1) is 11.6 Å². The smallest absolute Gasteiger partial charge is 0.0488 e. The summed E-state index contributed by atoms with van der Waals surface area (Å²) in [6.45, 7) is 4.12. The van der Waals surface area contributed by atoms with Crippen molar-refractivity contribution in [1.29, 1.82) is 0 Å². The van der Waals surface area contributed by atoms with E-state index < -0.39 is 0 Å². The molecule has 0 aromatic rings. The predicted molar refractivity (Wildman–Crippen MR) is 47.4 cm³/mol. The Bertz CT molecular complexity index is 88.9. The number of hydrogen-bond acceptors (Lipinski definition) is 1. The van der Waals surface area contributed by atoms with Gasteiger partial charge in [0.2, 0.25) is 0 Å². The summed E-state index contributed by atoms with van der Waals surface area (Å²) in [6, 6.07) is 0. The van der Waals surface area contributed by atoms with E-state index >= 15 is 0 Å². The molecule has 0 bridgehead atoms. The highest BCUT2D eigenvalue weighted by atomic mass is 35.5. The summed E-state index contributed by atoms with van der Waals surface area (Å²) < 4.78 is 0. The summed E-state index contributed by atoms with van der Waals surface area (Å²) in [5.74, 6) is 0. The molecule has 0 saturated carbocycles. The fourth-order valence-corrected chi connectivity index (χ4v) is 0.720. The fourth-order valence-electron chi connectivity index (χ4n) is 0.388. The number of allylic oxidation sites excluding steroid dienone is 1. The Kier molecular flexibility index (Phi) is 5.41. The van der Waals surface area contributed by atoms with Crippen molar-refractivity contribution in [2.75, 3.05) is 6.26 Å². The molecule has 0 aliphatic rings. The maximum atomic E-state index is 5.68. The van der Waals surface area contributed by atoms with Gasteiger partial charge in [-0.2, -0.15) is 11.8 Å². The summed E-state index contributed by atoms with van der Waals surface area (Å²) in [7, 11) is 0. The van der Waals surface area contributed by atoms with Gasteiger partial charge in [-0.25, -0.2) is 0 Å². The Morgan fingerprint density at radius 3 is 2.22 bits per heavy atom. The van der Waals surface area contributed by atoms with E-state index in [0.29, 0.717) is 5.25 Å². The maximum absolute atomic E-state index is 5.68. The van der Waals surface area contributed by atoms with E-state index in [4.69, 9.17) is 11.6 Å². The van der Waals surface area contributed by atoms with Gasteiger partial charge in [-0.05, 0) is 20.1 Å². The van der Waals surface area contributed by atoms with Gasteiger partial charge in [0.1, 0.15) is 0 Å². The van der Waals surface area contributed by atoms with Crippen molar-refractivity contribution in [1.82, 2.24) is 0 Å². The zero-order chi connectivity index (χ0) is 7.28. The van der Waals surface area contributed by atoms with Crippen molar-refractivity contribution >= 4 is 23.4 Å². The summed E-state index contributed by atoms with van der Waals surface area (Å²) >= 11 is 7.50. The molecule has 9 heavy (non-hydrogen) atoms. The van der Waals surface area contributed by atoms with Crippen LogP contribution in [0, 0.1) is 0 Å². The van der Waals surface area contributed by atoms with Crippen LogP contribution in [-0.4, -0.2) is 16.9 Å². The minimum atomic E-state index is 0.166. The molecule has 0 aromatic carbocycles. The molecular weight excluding hydrogens is 152 g/mol. The standard InChI is InChI=1S/C7H13ClS/c1-6(8)4-5-7(2)9-3/h4-7H,1-3H3/b5-4-. The highest BCUT2D eigenvalue weighted by Crippen LogP contribution is 2.07. The van der Waals surface area contributed by atoms with Crippen molar-refractivity contribution in [3.05, 3.63) is 12.2 Å². The summed E-state index contributed by atoms with van der Waals surface area (Å²) in [5, 5.41) is 0.755. The molecule has 2 atom stereocenters. The van der Waals surface area contributed by atoms with Gasteiger partial charge in [0.15, 0.2) is 0 Å². The van der Waals surface area contributed by atoms with E-state index in [1.807, 2.05) is 24.8 Å². The van der Waals surface area contributed by atoms with Crippen LogP contribution in [0.3, 0.4) is 0 Å². The molecule has 0 amide bonds. The number of thioether (sulfide) groups is 1. The maximum Gasteiger partial charge on any atom is 0.0488 e. The Labute approximate surface area is 66.7 Å². The molecular formula is C7H13ClS. The monoisotopic (exact) mass is 164 g/mol. The molecule has 0 N–H and O–H groups in total. The molecule has 0 aromatic heterocycles. The van der Waals surface area contributed by atoms with Gasteiger partial charge in [0.05, 0.1) is 0 Å². The minimum absolute atomic E-state index is 0.166. The number of hydrogen-bond donors (Lipinski definition) is 0. The Morgan fingerprint density at radius 1 is 1.33 bits per heavy atom. The lowest BCUT2D eigenvalue weighted by atomic mass is 10.3. The second-order valence-corrected chi connectivity index (χ2v) is 3.91. The van der Waals surface area contributed by atoms with Crippen LogP contribution in [-0.2, 0) is 0 Å². The van der Waals surface area contributed by atoms with Crippen LogP contribution in [0.15, 0.2) is 12.2 Å². The molecule has 2 unspecified atom stereocenters. The zero-order valence-corrected chi connectivity index (χ0v) is 7.67. The highest BCUT2D eigenvalue weighted by molar-refractivity contribution is 7.99. The quantitative estimate of drug-likeness (QED) is 0.457. The molecule has 0 saturated heterocycles. The lowest BCUT2D eigenvalue weighted by molar-refractivity contribution is 1.17. The van der Waals surface area contributed by atoms with Crippen LogP contribution in [0.1, 0.15) is 13.8 Å². The lowest BCUT2D eigenvalue weighted by Gasteiger charge is -1.99. The Hall–Kier alpha value is 0.380. The molecule has 0 rings (SSSR count). The summed E-state index contributed by atoms with van der Waals surface area (Å²) in [6.07, 6.45) is 6.24. The van der Waals surface area contributed by atoms with Crippen molar-refractivity contribution < 1.29 is 0 Å². The van der Waals surface area contributed by atoms with E-state index in [0.717, 1.165) is 0 Å². The fraction of sp³-hybridized carbons (Fsp3) is 0.714. The van der Waals surface area contributed by atoms with Gasteiger partial charge in [-0.1, -0.05) is 12.2 Å². The summed E-state index contributed by atoms with van der Waals surface area (Å²) in [5.41, 5.74) is 0. The first kappa shape index (κ1) is 9.38. The average Bonchev–Trinajstić information content (AvgIpc) is 1.83. The van der Waals surface area contributed by atoms with Crippen LogP contribution in [0.25, 0.3) is 0 Å². The topological polar surface area (TPSA) is 0 Å². The lowest BCUT2D eigenvalue weighted by Crippen LogP contribution is -1.90. The van der Waals surface area contributed by atoms with Gasteiger partial charge < -0.3 is 0 Å². The van der Waals surface area contributed by atoms with Gasteiger partial charge in [-0.3, -0.25) is 0 Å². The Morgan fingerprint density at radius 2 is 1.89 bits per heavy atom. The normalized spacial score (nSPS) is 18.2. The zero-order valence-electron chi connectivity index (χ0n) is 6.10. The predicted octanol–water partition coefficient (Wildman–Crippen LogP) is 2.92. The van der Waals surface area contributed by atoms with Gasteiger partial charge in [0, 0.05) is 10.6 Å². The van der Waals surface area contributed by atoms with Crippen molar-refractivity contribution in [3.63, 3.8) is 0 Å². The van der Waals surface area contributed by atoms with E-state index in [-0.39, 0.29) is 5.38 Å². The van der Waals surface area contributed by atoms with Gasteiger partial charge in [0.25, 0.3) is 0 Å². The van der Waals surface area contributed by atoms with Crippen LogP contribution in [0.5, 0.6) is 0 Å². The third kappa shape index (κ3) is 6.26. The number of halogens is 1. The second-order valence-electron chi connectivity index (χ2n) is 2.00. The molecule has 54 valence electrons. The van der Waals surface area contributed by atoms with E-state index in [1.54, 1.807) is 0 Å². The van der Waals surface area contributed by atoms with Crippen molar-refractivity contribution in [3.8, 4) is 0 Å². The number of rotatable bonds is 3. The summed E-state index contributed by atoms with van der Waals surface area (Å²) in [4.78, 5) is 0. The average molecular weight is 165 g/mol. The first-order chi connectivity index (χ1) is 4.16. The minimum Gasteiger partial charge on any atom is -0.158 e. The second kappa shape index (κ2) is 5.19. The van der Waals surface area contributed by atoms with Crippen molar-refractivity contribution in [2.24, 2.45) is 0 Å². The molecule has 0 nitrogen and oxygen atoms in total. The SMILES string of the molecule is CSC(C)/C=C\C(C)Cl. The van der Waals surface area contributed by atoms with E-state index in [9.17, 15) is 0 Å². The molecule has 0 fully saturated rings. The van der Waals surface area contributed by atoms with E-state index in [1.165, 1.54) is 0 Å². The van der Waals surface area contributed by atoms with Crippen molar-refractivity contribution in [2.45, 2.75) is 24.5 Å². The molecule has 0 radical (unpaired) electrons. The van der Waals surface area contributed by atoms with Crippen LogP contribution < -0.4 is 0 Å². The van der Waals surface area contributed by atoms with Crippen LogP contribution in [0.4, 0.5) is 0 Å².